The summed E-state index contributed by atoms with van der Waals surface area (Å²) in [7, 11) is 1.04. The van der Waals surface area contributed by atoms with Gasteiger partial charge in [0.25, 0.3) is 6.43 Å². The van der Waals surface area contributed by atoms with Gasteiger partial charge in [-0.05, 0) is 0 Å². The zero-order chi connectivity index (χ0) is 10.7. The van der Waals surface area contributed by atoms with Crippen molar-refractivity contribution in [2.45, 2.75) is 6.43 Å². The largest absolute Gasteiger partial charge is 0.465 e. The third-order valence-corrected chi connectivity index (χ3v) is 1.54. The second-order valence-electron chi connectivity index (χ2n) is 2.39. The van der Waals surface area contributed by atoms with E-state index in [-0.39, 0.29) is 0 Å². The smallest absolute Gasteiger partial charge is 0.339 e. The summed E-state index contributed by atoms with van der Waals surface area (Å²) in [6, 6.07) is 0.511. The van der Waals surface area contributed by atoms with Crippen LogP contribution in [0.2, 0.25) is 0 Å². The van der Waals surface area contributed by atoms with E-state index in [1.54, 1.807) is 0 Å². The van der Waals surface area contributed by atoms with E-state index in [0.29, 0.717) is 6.07 Å². The number of ether oxygens (including phenoxy) is 1. The molecule has 0 aliphatic rings. The maximum Gasteiger partial charge on any atom is 0.339 e. The zero-order valence-corrected chi connectivity index (χ0v) is 7.13. The van der Waals surface area contributed by atoms with Gasteiger partial charge in [0.1, 0.15) is 0 Å². The third-order valence-electron chi connectivity index (χ3n) is 1.54. The Balaban J connectivity index is 3.21. The van der Waals surface area contributed by atoms with Crippen molar-refractivity contribution in [1.29, 1.82) is 0 Å². The lowest BCUT2D eigenvalue weighted by Crippen LogP contribution is -2.07. The van der Waals surface area contributed by atoms with E-state index in [0.717, 1.165) is 13.3 Å². The molecule has 14 heavy (non-hydrogen) atoms. The molecule has 1 aromatic heterocycles. The van der Waals surface area contributed by atoms with E-state index in [1.807, 2.05) is 0 Å². The number of halogens is 3. The molecule has 0 bridgehead atoms. The van der Waals surface area contributed by atoms with Crippen LogP contribution in [0, 0.1) is 5.95 Å². The second-order valence-corrected chi connectivity index (χ2v) is 2.39. The molecule has 0 aromatic carbocycles. The van der Waals surface area contributed by atoms with Crippen LogP contribution in [0.25, 0.3) is 0 Å². The maximum absolute atomic E-state index is 12.5. The normalized spacial score (nSPS) is 10.4. The first-order valence-electron chi connectivity index (χ1n) is 3.58. The van der Waals surface area contributed by atoms with Gasteiger partial charge < -0.3 is 4.74 Å². The fraction of sp³-hybridized carbons (Fsp3) is 0.250. The highest BCUT2D eigenvalue weighted by molar-refractivity contribution is 5.90. The summed E-state index contributed by atoms with van der Waals surface area (Å²) in [4.78, 5) is 14.0. The number of carbonyl (C=O) groups is 1. The first kappa shape index (κ1) is 10.5. The Bertz CT molecular complexity index is 354. The number of pyridine rings is 1. The Kier molecular flexibility index (Phi) is 3.06. The fourth-order valence-electron chi connectivity index (χ4n) is 0.905. The molecular formula is C8H6F3NO2. The van der Waals surface area contributed by atoms with Gasteiger partial charge in [-0.2, -0.15) is 4.39 Å². The molecule has 0 aliphatic heterocycles. The number of aromatic nitrogens is 1. The van der Waals surface area contributed by atoms with Crippen molar-refractivity contribution >= 4 is 5.97 Å². The van der Waals surface area contributed by atoms with E-state index in [1.165, 1.54) is 0 Å². The number of hydrogen-bond donors (Lipinski definition) is 0. The first-order valence-corrected chi connectivity index (χ1v) is 3.58. The van der Waals surface area contributed by atoms with Crippen LogP contribution in [0.5, 0.6) is 0 Å². The van der Waals surface area contributed by atoms with Crippen LogP contribution >= 0.6 is 0 Å². The monoisotopic (exact) mass is 205 g/mol. The van der Waals surface area contributed by atoms with E-state index in [4.69, 9.17) is 0 Å². The first-order chi connectivity index (χ1) is 6.56. The number of nitrogens with zero attached hydrogens (tertiary/aromatic N) is 1. The zero-order valence-electron chi connectivity index (χ0n) is 7.13. The summed E-state index contributed by atoms with van der Waals surface area (Å²) >= 11 is 0. The Morgan fingerprint density at radius 1 is 1.57 bits per heavy atom. The van der Waals surface area contributed by atoms with Gasteiger partial charge in [-0.15, -0.1) is 0 Å². The van der Waals surface area contributed by atoms with Gasteiger partial charge >= 0.3 is 5.97 Å². The lowest BCUT2D eigenvalue weighted by Gasteiger charge is -2.05. The van der Waals surface area contributed by atoms with E-state index >= 15 is 0 Å². The van der Waals surface area contributed by atoms with Crippen molar-refractivity contribution in [1.82, 2.24) is 4.98 Å². The van der Waals surface area contributed by atoms with Gasteiger partial charge in [0.2, 0.25) is 5.95 Å². The summed E-state index contributed by atoms with van der Waals surface area (Å²) in [6.07, 6.45) is -2.22. The molecule has 0 atom stereocenters. The minimum absolute atomic E-state index is 0.427. The lowest BCUT2D eigenvalue weighted by atomic mass is 10.1. The Hall–Kier alpha value is -1.59. The molecule has 1 heterocycles. The van der Waals surface area contributed by atoms with Gasteiger partial charge in [0.05, 0.1) is 12.7 Å². The van der Waals surface area contributed by atoms with Crippen molar-refractivity contribution in [3.8, 4) is 0 Å². The second kappa shape index (κ2) is 4.08. The lowest BCUT2D eigenvalue weighted by molar-refractivity contribution is 0.0588. The molecular weight excluding hydrogens is 199 g/mol. The minimum atomic E-state index is -2.94. The van der Waals surface area contributed by atoms with Crippen molar-refractivity contribution in [2.24, 2.45) is 0 Å². The highest BCUT2D eigenvalue weighted by Crippen LogP contribution is 2.23. The van der Waals surface area contributed by atoms with Crippen LogP contribution in [-0.2, 0) is 4.74 Å². The summed E-state index contributed by atoms with van der Waals surface area (Å²) in [5.74, 6) is -2.03. The number of carbonyl (C=O) groups excluding carboxylic acids is 1. The van der Waals surface area contributed by atoms with Gasteiger partial charge in [-0.25, -0.2) is 18.6 Å². The third kappa shape index (κ3) is 2.01. The maximum atomic E-state index is 12.5. The molecule has 0 radical (unpaired) electrons. The predicted molar refractivity (Wildman–Crippen MR) is 40.5 cm³/mol. The van der Waals surface area contributed by atoms with E-state index in [2.05, 4.69) is 9.72 Å². The number of methoxy groups -OCH3 is 1. The standard InChI is InChI=1S/C8H6F3NO2/c1-14-8(13)5-3-12-6(9)2-4(5)7(10)11/h2-3,7H,1H3. The predicted octanol–water partition coefficient (Wildman–Crippen LogP) is 1.94. The average Bonchev–Trinajstić information content (AvgIpc) is 2.16. The van der Waals surface area contributed by atoms with Crippen LogP contribution in [0.1, 0.15) is 22.3 Å². The molecule has 0 unspecified atom stereocenters. The molecule has 0 spiro atoms. The highest BCUT2D eigenvalue weighted by Gasteiger charge is 2.20. The van der Waals surface area contributed by atoms with Crippen molar-refractivity contribution in [2.75, 3.05) is 7.11 Å². The van der Waals surface area contributed by atoms with Gasteiger partial charge in [-0.1, -0.05) is 0 Å². The van der Waals surface area contributed by atoms with Crippen LogP contribution in [-0.4, -0.2) is 18.1 Å². The average molecular weight is 205 g/mol. The van der Waals surface area contributed by atoms with Crippen LogP contribution in [0.4, 0.5) is 13.2 Å². The molecule has 76 valence electrons. The summed E-state index contributed by atoms with van der Waals surface area (Å²) in [5, 5.41) is 0. The number of alkyl halides is 2. The topological polar surface area (TPSA) is 39.2 Å². The van der Waals surface area contributed by atoms with Crippen molar-refractivity contribution < 1.29 is 22.7 Å². The summed E-state index contributed by atoms with van der Waals surface area (Å²) in [5.41, 5.74) is -1.15. The summed E-state index contributed by atoms with van der Waals surface area (Å²) in [6.45, 7) is 0. The number of esters is 1. The molecule has 0 saturated heterocycles. The Labute approximate surface area is 77.5 Å². The van der Waals surface area contributed by atoms with Crippen LogP contribution < -0.4 is 0 Å². The molecule has 6 heteroatoms. The van der Waals surface area contributed by atoms with Crippen LogP contribution in [0.3, 0.4) is 0 Å². The van der Waals surface area contributed by atoms with Gasteiger partial charge in [-0.3, -0.25) is 0 Å². The SMILES string of the molecule is COC(=O)c1cnc(F)cc1C(F)F. The molecule has 1 aromatic rings. The van der Waals surface area contributed by atoms with Crippen LogP contribution in [0.15, 0.2) is 12.3 Å². The Morgan fingerprint density at radius 2 is 2.21 bits per heavy atom. The number of hydrogen-bond acceptors (Lipinski definition) is 3. The Morgan fingerprint density at radius 3 is 2.71 bits per heavy atom. The fourth-order valence-corrected chi connectivity index (χ4v) is 0.905. The molecule has 0 N–H and O–H groups in total. The van der Waals surface area contributed by atoms with Gasteiger partial charge in [0.15, 0.2) is 0 Å². The van der Waals surface area contributed by atoms with Crippen molar-refractivity contribution in [3.05, 3.63) is 29.3 Å². The molecule has 3 nitrogen and oxygen atoms in total. The van der Waals surface area contributed by atoms with Crippen molar-refractivity contribution in [3.63, 3.8) is 0 Å². The molecule has 0 saturated carbocycles. The molecule has 0 amide bonds. The molecule has 0 aliphatic carbocycles. The summed E-state index contributed by atoms with van der Waals surface area (Å²) < 4.78 is 41.3. The molecule has 1 rings (SSSR count). The van der Waals surface area contributed by atoms with E-state index < -0.39 is 29.5 Å². The molecule has 0 fully saturated rings. The van der Waals surface area contributed by atoms with Gasteiger partial charge in [0, 0.05) is 17.8 Å². The minimum Gasteiger partial charge on any atom is -0.465 e. The number of rotatable bonds is 2. The quantitative estimate of drug-likeness (QED) is 0.547. The van der Waals surface area contributed by atoms with E-state index in [9.17, 15) is 18.0 Å². The highest BCUT2D eigenvalue weighted by atomic mass is 19.3.